The molecule has 1 aliphatic carbocycles. The summed E-state index contributed by atoms with van der Waals surface area (Å²) in [6.45, 7) is 3.11. The number of rotatable bonds is 5. The quantitative estimate of drug-likeness (QED) is 0.796. The van der Waals surface area contributed by atoms with Gasteiger partial charge in [0.2, 0.25) is 0 Å². The number of hydrogen-bond acceptors (Lipinski definition) is 2. The third kappa shape index (κ3) is 5.14. The molecule has 1 saturated carbocycles. The zero-order valence-electron chi connectivity index (χ0n) is 12.7. The minimum absolute atomic E-state index is 0.0287. The molecule has 6 heteroatoms. The van der Waals surface area contributed by atoms with Gasteiger partial charge in [-0.2, -0.15) is 0 Å². The molecule has 0 saturated heterocycles. The van der Waals surface area contributed by atoms with Crippen molar-refractivity contribution in [2.45, 2.75) is 38.7 Å². The van der Waals surface area contributed by atoms with Crippen LogP contribution in [0.15, 0.2) is 18.2 Å². The van der Waals surface area contributed by atoms with Gasteiger partial charge in [-0.1, -0.05) is 31.4 Å². The van der Waals surface area contributed by atoms with Gasteiger partial charge in [0.25, 0.3) is 0 Å². The van der Waals surface area contributed by atoms with Gasteiger partial charge in [0.1, 0.15) is 5.82 Å². The van der Waals surface area contributed by atoms with Gasteiger partial charge in [0.15, 0.2) is 0 Å². The molecule has 4 nitrogen and oxygen atoms in total. The second kappa shape index (κ2) is 8.34. The van der Waals surface area contributed by atoms with Crippen molar-refractivity contribution in [3.8, 4) is 0 Å². The molecule has 22 heavy (non-hydrogen) atoms. The highest BCUT2D eigenvalue weighted by Gasteiger charge is 2.21. The second-order valence-electron chi connectivity index (χ2n) is 5.68. The first-order valence-electron chi connectivity index (χ1n) is 7.68. The van der Waals surface area contributed by atoms with E-state index < -0.39 is 5.82 Å². The lowest BCUT2D eigenvalue weighted by Gasteiger charge is -2.28. The number of halogens is 2. The van der Waals surface area contributed by atoms with Gasteiger partial charge < -0.3 is 15.4 Å². The van der Waals surface area contributed by atoms with Crippen LogP contribution in [0.3, 0.4) is 0 Å². The fraction of sp³-hybridized carbons (Fsp3) is 0.562. The Balaban J connectivity index is 1.66. The van der Waals surface area contributed by atoms with E-state index in [-0.39, 0.29) is 11.1 Å². The lowest BCUT2D eigenvalue weighted by molar-refractivity contribution is -0.00232. The van der Waals surface area contributed by atoms with Crippen LogP contribution in [-0.2, 0) is 4.74 Å². The van der Waals surface area contributed by atoms with Crippen LogP contribution >= 0.6 is 11.6 Å². The van der Waals surface area contributed by atoms with Crippen LogP contribution in [-0.4, -0.2) is 25.3 Å². The number of nitrogens with one attached hydrogen (secondary N) is 2. The first-order valence-corrected chi connectivity index (χ1v) is 8.05. The van der Waals surface area contributed by atoms with Crippen molar-refractivity contribution in [1.82, 2.24) is 5.32 Å². The third-order valence-electron chi connectivity index (χ3n) is 3.93. The first-order chi connectivity index (χ1) is 10.6. The van der Waals surface area contributed by atoms with Gasteiger partial charge in [-0.15, -0.1) is 0 Å². The SMILES string of the molecule is CC1CCCCC1OCCNC(=O)Nc1ccc(Cl)c(F)c1. The number of ether oxygens (including phenoxy) is 1. The van der Waals surface area contributed by atoms with E-state index >= 15 is 0 Å². The Bertz CT molecular complexity index is 513. The van der Waals surface area contributed by atoms with Gasteiger partial charge in [0, 0.05) is 12.2 Å². The smallest absolute Gasteiger partial charge is 0.319 e. The summed E-state index contributed by atoms with van der Waals surface area (Å²) in [7, 11) is 0. The number of hydrogen-bond donors (Lipinski definition) is 2. The van der Waals surface area contributed by atoms with Crippen molar-refractivity contribution in [1.29, 1.82) is 0 Å². The summed E-state index contributed by atoms with van der Waals surface area (Å²) in [5, 5.41) is 5.27. The molecule has 0 spiro atoms. The third-order valence-corrected chi connectivity index (χ3v) is 4.24. The molecule has 2 rings (SSSR count). The van der Waals surface area contributed by atoms with Crippen LogP contribution < -0.4 is 10.6 Å². The Labute approximate surface area is 135 Å². The maximum absolute atomic E-state index is 13.3. The average Bonchev–Trinajstić information content (AvgIpc) is 2.49. The summed E-state index contributed by atoms with van der Waals surface area (Å²) >= 11 is 5.59. The van der Waals surface area contributed by atoms with Gasteiger partial charge in [-0.25, -0.2) is 9.18 Å². The number of benzene rings is 1. The summed E-state index contributed by atoms with van der Waals surface area (Å²) < 4.78 is 19.1. The minimum atomic E-state index is -0.561. The highest BCUT2D eigenvalue weighted by Crippen LogP contribution is 2.26. The highest BCUT2D eigenvalue weighted by molar-refractivity contribution is 6.30. The lowest BCUT2D eigenvalue weighted by atomic mass is 9.88. The largest absolute Gasteiger partial charge is 0.376 e. The number of urea groups is 1. The molecule has 0 bridgehead atoms. The molecule has 0 heterocycles. The van der Waals surface area contributed by atoms with Crippen molar-refractivity contribution in [2.75, 3.05) is 18.5 Å². The molecule has 2 amide bonds. The molecule has 2 unspecified atom stereocenters. The maximum Gasteiger partial charge on any atom is 0.319 e. The van der Waals surface area contributed by atoms with E-state index in [4.69, 9.17) is 16.3 Å². The molecule has 0 aromatic heterocycles. The fourth-order valence-corrected chi connectivity index (χ4v) is 2.77. The van der Waals surface area contributed by atoms with E-state index in [0.717, 1.165) is 6.42 Å². The zero-order chi connectivity index (χ0) is 15.9. The van der Waals surface area contributed by atoms with Crippen LogP contribution in [0.1, 0.15) is 32.6 Å². The normalized spacial score (nSPS) is 21.4. The van der Waals surface area contributed by atoms with Crippen molar-refractivity contribution >= 4 is 23.3 Å². The topological polar surface area (TPSA) is 50.4 Å². The Morgan fingerprint density at radius 1 is 1.41 bits per heavy atom. The summed E-state index contributed by atoms with van der Waals surface area (Å²) in [4.78, 5) is 11.7. The van der Waals surface area contributed by atoms with Crippen molar-refractivity contribution in [2.24, 2.45) is 5.92 Å². The Morgan fingerprint density at radius 3 is 2.91 bits per heavy atom. The molecule has 2 N–H and O–H groups in total. The molecular weight excluding hydrogens is 307 g/mol. The van der Waals surface area contributed by atoms with Gasteiger partial charge >= 0.3 is 6.03 Å². The first kappa shape index (κ1) is 17.0. The molecule has 1 aliphatic rings. The summed E-state index contributed by atoms with van der Waals surface area (Å²) in [5.74, 6) is 0.0219. The Kier molecular flexibility index (Phi) is 6.46. The Hall–Kier alpha value is -1.33. The highest BCUT2D eigenvalue weighted by atomic mass is 35.5. The van der Waals surface area contributed by atoms with E-state index in [9.17, 15) is 9.18 Å². The van der Waals surface area contributed by atoms with Gasteiger partial charge in [0.05, 0.1) is 17.7 Å². The second-order valence-corrected chi connectivity index (χ2v) is 6.09. The maximum atomic E-state index is 13.3. The monoisotopic (exact) mass is 328 g/mol. The van der Waals surface area contributed by atoms with Crippen molar-refractivity contribution in [3.05, 3.63) is 29.0 Å². The summed E-state index contributed by atoms with van der Waals surface area (Å²) in [6.07, 6.45) is 5.09. The molecule has 1 aromatic rings. The van der Waals surface area contributed by atoms with Crippen LogP contribution in [0.2, 0.25) is 5.02 Å². The Morgan fingerprint density at radius 2 is 2.18 bits per heavy atom. The number of carbonyl (C=O) groups excluding carboxylic acids is 1. The van der Waals surface area contributed by atoms with Crippen LogP contribution in [0.25, 0.3) is 0 Å². The predicted octanol–water partition coefficient (Wildman–Crippen LogP) is 4.20. The molecule has 1 aromatic carbocycles. The molecule has 122 valence electrons. The van der Waals surface area contributed by atoms with E-state index in [1.165, 1.54) is 31.4 Å². The lowest BCUT2D eigenvalue weighted by Crippen LogP contribution is -2.34. The fourth-order valence-electron chi connectivity index (χ4n) is 2.65. The summed E-state index contributed by atoms with van der Waals surface area (Å²) in [5.41, 5.74) is 0.362. The van der Waals surface area contributed by atoms with E-state index in [0.29, 0.717) is 30.9 Å². The van der Waals surface area contributed by atoms with E-state index in [2.05, 4.69) is 17.6 Å². The standard InChI is InChI=1S/C16H22ClFN2O2/c1-11-4-2-3-5-15(11)22-9-8-19-16(21)20-12-6-7-13(17)14(18)10-12/h6-7,10-11,15H,2-5,8-9H2,1H3,(H2,19,20,21). The van der Waals surface area contributed by atoms with Crippen LogP contribution in [0.5, 0.6) is 0 Å². The molecule has 0 radical (unpaired) electrons. The van der Waals surface area contributed by atoms with E-state index in [1.54, 1.807) is 6.07 Å². The number of anilines is 1. The predicted molar refractivity (Wildman–Crippen MR) is 85.8 cm³/mol. The van der Waals surface area contributed by atoms with Crippen LogP contribution in [0.4, 0.5) is 14.9 Å². The van der Waals surface area contributed by atoms with Crippen molar-refractivity contribution in [3.63, 3.8) is 0 Å². The summed E-state index contributed by atoms with van der Waals surface area (Å²) in [6, 6.07) is 3.75. The van der Waals surface area contributed by atoms with Crippen molar-refractivity contribution < 1.29 is 13.9 Å². The molecular formula is C16H22ClFN2O2. The molecule has 1 fully saturated rings. The minimum Gasteiger partial charge on any atom is -0.376 e. The van der Waals surface area contributed by atoms with Gasteiger partial charge in [-0.3, -0.25) is 0 Å². The number of amides is 2. The zero-order valence-corrected chi connectivity index (χ0v) is 13.5. The average molecular weight is 329 g/mol. The van der Waals surface area contributed by atoms with E-state index in [1.807, 2.05) is 0 Å². The molecule has 2 atom stereocenters. The number of carbonyl (C=O) groups is 1. The van der Waals surface area contributed by atoms with Crippen LogP contribution in [0, 0.1) is 11.7 Å². The van der Waals surface area contributed by atoms with Gasteiger partial charge in [-0.05, 0) is 37.0 Å². The molecule has 0 aliphatic heterocycles.